The lowest BCUT2D eigenvalue weighted by Crippen LogP contribution is -2.22. The molecule has 1 aromatic carbocycles. The summed E-state index contributed by atoms with van der Waals surface area (Å²) < 4.78 is 40.6. The highest BCUT2D eigenvalue weighted by Gasteiger charge is 2.16. The number of amides is 1. The second-order valence-corrected chi connectivity index (χ2v) is 5.32. The van der Waals surface area contributed by atoms with Crippen LogP contribution in [0.2, 0.25) is 0 Å². The Bertz CT molecular complexity index is 560. The minimum absolute atomic E-state index is 0.201. The number of halogens is 1. The number of ether oxygens (including phenoxy) is 1. The van der Waals surface area contributed by atoms with Gasteiger partial charge in [-0.15, -0.1) is 0 Å². The first kappa shape index (κ1) is 15.5. The topological polar surface area (TPSA) is 98.5 Å². The van der Waals surface area contributed by atoms with Crippen LogP contribution in [0.1, 0.15) is 13.3 Å². The minimum Gasteiger partial charge on any atom is -0.372 e. The number of nitrogens with one attached hydrogen (secondary N) is 1. The Balaban J connectivity index is 2.88. The third-order valence-corrected chi connectivity index (χ3v) is 3.07. The lowest BCUT2D eigenvalue weighted by atomic mass is 10.3. The number of anilines is 1. The Kier molecular flexibility index (Phi) is 5.40. The molecule has 0 bridgehead atoms. The monoisotopic (exact) mass is 290 g/mol. The number of carbonyl (C=O) groups is 1. The van der Waals surface area contributed by atoms with E-state index in [4.69, 9.17) is 9.88 Å². The molecular formula is C11H15FN2O4S. The molecule has 106 valence electrons. The third-order valence-electron chi connectivity index (χ3n) is 2.10. The van der Waals surface area contributed by atoms with Crippen LogP contribution in [0.3, 0.4) is 0 Å². The molecule has 0 unspecified atom stereocenters. The summed E-state index contributed by atoms with van der Waals surface area (Å²) in [6.07, 6.45) is 0.746. The summed E-state index contributed by atoms with van der Waals surface area (Å²) in [5.74, 6) is -1.26. The van der Waals surface area contributed by atoms with Gasteiger partial charge in [0.15, 0.2) is 0 Å². The summed E-state index contributed by atoms with van der Waals surface area (Å²) in [5, 5.41) is 7.23. The quantitative estimate of drug-likeness (QED) is 0.758. The van der Waals surface area contributed by atoms with Crippen LogP contribution >= 0.6 is 0 Å². The molecule has 1 aromatic rings. The second-order valence-electron chi connectivity index (χ2n) is 3.79. The highest BCUT2D eigenvalue weighted by molar-refractivity contribution is 7.89. The van der Waals surface area contributed by atoms with Crippen LogP contribution in [0.25, 0.3) is 0 Å². The normalized spacial score (nSPS) is 11.3. The first-order valence-electron chi connectivity index (χ1n) is 5.54. The van der Waals surface area contributed by atoms with Gasteiger partial charge < -0.3 is 10.1 Å². The minimum atomic E-state index is -4.04. The zero-order chi connectivity index (χ0) is 14.5. The predicted molar refractivity (Wildman–Crippen MR) is 67.5 cm³/mol. The van der Waals surface area contributed by atoms with Gasteiger partial charge in [0.2, 0.25) is 15.9 Å². The van der Waals surface area contributed by atoms with Crippen LogP contribution in [0.15, 0.2) is 23.1 Å². The number of rotatable bonds is 6. The standard InChI is InChI=1S/C11H15FN2O4S/c1-2-5-18-7-11(15)14-9-6-8(12)3-4-10(9)19(13,16)17/h3-4,6H,2,5,7H2,1H3,(H,14,15)(H2,13,16,17). The zero-order valence-electron chi connectivity index (χ0n) is 10.3. The first-order chi connectivity index (χ1) is 8.84. The lowest BCUT2D eigenvalue weighted by molar-refractivity contribution is -0.120. The van der Waals surface area contributed by atoms with Crippen LogP contribution < -0.4 is 10.5 Å². The van der Waals surface area contributed by atoms with Crippen molar-refractivity contribution in [3.05, 3.63) is 24.0 Å². The van der Waals surface area contributed by atoms with Crippen LogP contribution in [0, 0.1) is 5.82 Å². The Morgan fingerprint density at radius 1 is 1.47 bits per heavy atom. The average molecular weight is 290 g/mol. The molecule has 0 aliphatic rings. The molecule has 1 amide bonds. The lowest BCUT2D eigenvalue weighted by Gasteiger charge is -2.10. The molecule has 0 aliphatic carbocycles. The Hall–Kier alpha value is -1.51. The van der Waals surface area contributed by atoms with E-state index in [1.165, 1.54) is 0 Å². The van der Waals surface area contributed by atoms with Gasteiger partial charge in [0.25, 0.3) is 0 Å². The number of benzene rings is 1. The molecule has 19 heavy (non-hydrogen) atoms. The van der Waals surface area contributed by atoms with E-state index in [1.807, 2.05) is 6.92 Å². The zero-order valence-corrected chi connectivity index (χ0v) is 11.2. The van der Waals surface area contributed by atoms with Crippen molar-refractivity contribution in [3.63, 3.8) is 0 Å². The molecular weight excluding hydrogens is 275 g/mol. The molecule has 0 atom stereocenters. The molecule has 0 aliphatic heterocycles. The molecule has 6 nitrogen and oxygen atoms in total. The summed E-state index contributed by atoms with van der Waals surface area (Å²) in [6, 6.07) is 2.83. The highest BCUT2D eigenvalue weighted by atomic mass is 32.2. The molecule has 0 fully saturated rings. The maximum atomic E-state index is 13.1. The van der Waals surface area contributed by atoms with Crippen molar-refractivity contribution >= 4 is 21.6 Å². The molecule has 0 radical (unpaired) electrons. The molecule has 0 spiro atoms. The predicted octanol–water partition coefficient (Wildman–Crippen LogP) is 0.838. The van der Waals surface area contributed by atoms with Gasteiger partial charge in [0.05, 0.1) is 5.69 Å². The fourth-order valence-corrected chi connectivity index (χ4v) is 2.02. The highest BCUT2D eigenvalue weighted by Crippen LogP contribution is 2.21. The van der Waals surface area contributed by atoms with Crippen molar-refractivity contribution in [2.75, 3.05) is 18.5 Å². The molecule has 8 heteroatoms. The maximum absolute atomic E-state index is 13.1. The van der Waals surface area contributed by atoms with E-state index in [2.05, 4.69) is 5.32 Å². The smallest absolute Gasteiger partial charge is 0.250 e. The maximum Gasteiger partial charge on any atom is 0.250 e. The van der Waals surface area contributed by atoms with Crippen LogP contribution in [0.5, 0.6) is 0 Å². The van der Waals surface area contributed by atoms with Gasteiger partial charge in [-0.25, -0.2) is 17.9 Å². The van der Waals surface area contributed by atoms with E-state index in [1.54, 1.807) is 0 Å². The van der Waals surface area contributed by atoms with Gasteiger partial charge in [0, 0.05) is 6.61 Å². The third kappa shape index (κ3) is 4.93. The SMILES string of the molecule is CCCOCC(=O)Nc1cc(F)ccc1S(N)(=O)=O. The summed E-state index contributed by atoms with van der Waals surface area (Å²) in [5.41, 5.74) is -0.201. The van der Waals surface area contributed by atoms with E-state index >= 15 is 0 Å². The second kappa shape index (κ2) is 6.60. The van der Waals surface area contributed by atoms with Crippen molar-refractivity contribution in [3.8, 4) is 0 Å². The van der Waals surface area contributed by atoms with E-state index in [9.17, 15) is 17.6 Å². The van der Waals surface area contributed by atoms with Crippen molar-refractivity contribution in [2.24, 2.45) is 5.14 Å². The summed E-state index contributed by atoms with van der Waals surface area (Å²) in [7, 11) is -4.04. The van der Waals surface area contributed by atoms with Gasteiger partial charge in [-0.3, -0.25) is 4.79 Å². The van der Waals surface area contributed by atoms with Crippen molar-refractivity contribution in [2.45, 2.75) is 18.2 Å². The van der Waals surface area contributed by atoms with Gasteiger partial charge in [0.1, 0.15) is 17.3 Å². The van der Waals surface area contributed by atoms with Gasteiger partial charge >= 0.3 is 0 Å². The van der Waals surface area contributed by atoms with E-state index < -0.39 is 21.7 Å². The number of sulfonamides is 1. The molecule has 0 heterocycles. The van der Waals surface area contributed by atoms with Crippen molar-refractivity contribution in [1.29, 1.82) is 0 Å². The van der Waals surface area contributed by atoms with E-state index in [0.29, 0.717) is 6.61 Å². The number of carbonyl (C=O) groups excluding carboxylic acids is 1. The molecule has 0 aromatic heterocycles. The molecule has 1 rings (SSSR count). The number of nitrogens with two attached hydrogens (primary N) is 1. The van der Waals surface area contributed by atoms with E-state index in [0.717, 1.165) is 24.6 Å². The van der Waals surface area contributed by atoms with Gasteiger partial charge in [-0.1, -0.05) is 6.92 Å². The van der Waals surface area contributed by atoms with Crippen molar-refractivity contribution < 1.29 is 22.3 Å². The molecule has 0 saturated carbocycles. The first-order valence-corrected chi connectivity index (χ1v) is 7.09. The largest absolute Gasteiger partial charge is 0.372 e. The fraction of sp³-hybridized carbons (Fsp3) is 0.364. The molecule has 3 N–H and O–H groups in total. The Morgan fingerprint density at radius 2 is 2.16 bits per heavy atom. The van der Waals surface area contributed by atoms with Crippen LogP contribution in [0.4, 0.5) is 10.1 Å². The summed E-state index contributed by atoms with van der Waals surface area (Å²) in [4.78, 5) is 11.1. The van der Waals surface area contributed by atoms with Gasteiger partial charge in [-0.05, 0) is 24.6 Å². The summed E-state index contributed by atoms with van der Waals surface area (Å²) >= 11 is 0. The molecule has 0 saturated heterocycles. The van der Waals surface area contributed by atoms with Crippen molar-refractivity contribution in [1.82, 2.24) is 0 Å². The Labute approximate surface area is 110 Å². The number of hydrogen-bond acceptors (Lipinski definition) is 4. The fourth-order valence-electron chi connectivity index (χ4n) is 1.34. The average Bonchev–Trinajstić information content (AvgIpc) is 2.27. The Morgan fingerprint density at radius 3 is 2.74 bits per heavy atom. The van der Waals surface area contributed by atoms with Crippen LogP contribution in [-0.2, 0) is 19.6 Å². The van der Waals surface area contributed by atoms with Gasteiger partial charge in [-0.2, -0.15) is 0 Å². The van der Waals surface area contributed by atoms with E-state index in [-0.39, 0.29) is 17.2 Å². The summed E-state index contributed by atoms with van der Waals surface area (Å²) in [6.45, 7) is 2.04. The number of hydrogen-bond donors (Lipinski definition) is 2. The number of primary sulfonamides is 1. The van der Waals surface area contributed by atoms with Crippen LogP contribution in [-0.4, -0.2) is 27.5 Å².